The first kappa shape index (κ1) is 13.6. The summed E-state index contributed by atoms with van der Waals surface area (Å²) in [6, 6.07) is 0.346. The van der Waals surface area contributed by atoms with Crippen molar-refractivity contribution in [2.24, 2.45) is 0 Å². The van der Waals surface area contributed by atoms with Gasteiger partial charge in [0.1, 0.15) is 0 Å². The van der Waals surface area contributed by atoms with Crippen LogP contribution in [-0.4, -0.2) is 16.5 Å². The lowest BCUT2D eigenvalue weighted by molar-refractivity contribution is 0.529. The average molecular weight is 281 g/mol. The number of aryl methyl sites for hydroxylation is 2. The van der Waals surface area contributed by atoms with E-state index in [4.69, 9.17) is 0 Å². The van der Waals surface area contributed by atoms with Crippen molar-refractivity contribution >= 4 is 22.7 Å². The summed E-state index contributed by atoms with van der Waals surface area (Å²) in [5.74, 6) is 0. The minimum Gasteiger partial charge on any atom is -0.309 e. The van der Waals surface area contributed by atoms with Gasteiger partial charge in [0.2, 0.25) is 0 Å². The highest BCUT2D eigenvalue weighted by atomic mass is 32.1. The largest absolute Gasteiger partial charge is 0.309 e. The summed E-state index contributed by atoms with van der Waals surface area (Å²) >= 11 is 3.46. The summed E-state index contributed by atoms with van der Waals surface area (Å²) in [5, 5.41) is 6.90. The molecule has 18 heavy (non-hydrogen) atoms. The number of thiazole rings is 2. The predicted molar refractivity (Wildman–Crippen MR) is 78.4 cm³/mol. The lowest BCUT2D eigenvalue weighted by Gasteiger charge is -2.16. The fraction of sp³-hybridized carbons (Fsp3) is 0.538. The van der Waals surface area contributed by atoms with Gasteiger partial charge in [-0.3, -0.25) is 0 Å². The number of hydrogen-bond acceptors (Lipinski definition) is 5. The van der Waals surface area contributed by atoms with Crippen molar-refractivity contribution < 1.29 is 0 Å². The summed E-state index contributed by atoms with van der Waals surface area (Å²) in [7, 11) is 0. The van der Waals surface area contributed by atoms with Crippen molar-refractivity contribution in [2.75, 3.05) is 6.54 Å². The third-order valence-electron chi connectivity index (χ3n) is 2.82. The Morgan fingerprint density at radius 2 is 2.17 bits per heavy atom. The molecular formula is C13H19N3S2. The van der Waals surface area contributed by atoms with Crippen LogP contribution in [0.5, 0.6) is 0 Å². The van der Waals surface area contributed by atoms with Crippen LogP contribution in [0.25, 0.3) is 0 Å². The molecule has 0 fully saturated rings. The highest BCUT2D eigenvalue weighted by Gasteiger charge is 2.17. The fourth-order valence-electron chi connectivity index (χ4n) is 1.93. The molecule has 1 N–H and O–H groups in total. The molecule has 5 heteroatoms. The third-order valence-corrected chi connectivity index (χ3v) is 4.69. The molecular weight excluding hydrogens is 262 g/mol. The SMILES string of the molecule is CCCNC(Cc1csc(C)n1)c1scnc1C. The minimum absolute atomic E-state index is 0.346. The van der Waals surface area contributed by atoms with Gasteiger partial charge in [-0.25, -0.2) is 9.97 Å². The summed E-state index contributed by atoms with van der Waals surface area (Å²) in [4.78, 5) is 10.3. The second kappa shape index (κ2) is 6.41. The van der Waals surface area contributed by atoms with E-state index in [9.17, 15) is 0 Å². The Bertz CT molecular complexity index is 490. The highest BCUT2D eigenvalue weighted by Crippen LogP contribution is 2.25. The average Bonchev–Trinajstić information content (AvgIpc) is 2.93. The van der Waals surface area contributed by atoms with Gasteiger partial charge in [0.25, 0.3) is 0 Å². The molecule has 2 aromatic rings. The van der Waals surface area contributed by atoms with E-state index in [0.717, 1.165) is 30.1 Å². The van der Waals surface area contributed by atoms with Gasteiger partial charge in [0.15, 0.2) is 0 Å². The smallest absolute Gasteiger partial charge is 0.0897 e. The Morgan fingerprint density at radius 1 is 1.33 bits per heavy atom. The Balaban J connectivity index is 2.12. The monoisotopic (exact) mass is 281 g/mol. The third kappa shape index (κ3) is 3.37. The molecule has 2 heterocycles. The summed E-state index contributed by atoms with van der Waals surface area (Å²) < 4.78 is 0. The molecule has 0 saturated heterocycles. The standard InChI is InChI=1S/C13H19N3S2/c1-4-5-14-12(13-9(2)15-8-18-13)6-11-7-17-10(3)16-11/h7-8,12,14H,4-6H2,1-3H3. The maximum atomic E-state index is 4.56. The molecule has 0 aromatic carbocycles. The molecule has 0 amide bonds. The van der Waals surface area contributed by atoms with Crippen LogP contribution in [0.3, 0.4) is 0 Å². The molecule has 0 radical (unpaired) electrons. The second-order valence-corrected chi connectivity index (χ2v) is 6.32. The fourth-order valence-corrected chi connectivity index (χ4v) is 3.44. The van der Waals surface area contributed by atoms with Gasteiger partial charge in [-0.05, 0) is 26.8 Å². The quantitative estimate of drug-likeness (QED) is 0.880. The lowest BCUT2D eigenvalue weighted by atomic mass is 10.1. The van der Waals surface area contributed by atoms with Crippen molar-refractivity contribution in [3.8, 4) is 0 Å². The maximum Gasteiger partial charge on any atom is 0.0897 e. The molecule has 0 saturated carbocycles. The molecule has 1 atom stereocenters. The van der Waals surface area contributed by atoms with E-state index in [1.54, 1.807) is 22.7 Å². The van der Waals surface area contributed by atoms with Crippen molar-refractivity contribution in [1.29, 1.82) is 0 Å². The van der Waals surface area contributed by atoms with Crippen molar-refractivity contribution in [1.82, 2.24) is 15.3 Å². The number of rotatable bonds is 6. The number of nitrogens with zero attached hydrogens (tertiary/aromatic N) is 2. The Morgan fingerprint density at radius 3 is 2.72 bits per heavy atom. The van der Waals surface area contributed by atoms with Gasteiger partial charge >= 0.3 is 0 Å². The summed E-state index contributed by atoms with van der Waals surface area (Å²) in [5.41, 5.74) is 4.25. The van der Waals surface area contributed by atoms with E-state index in [2.05, 4.69) is 41.4 Å². The van der Waals surface area contributed by atoms with Crippen molar-refractivity contribution in [3.63, 3.8) is 0 Å². The van der Waals surface area contributed by atoms with E-state index in [1.807, 2.05) is 5.51 Å². The van der Waals surface area contributed by atoms with Crippen molar-refractivity contribution in [3.05, 3.63) is 32.2 Å². The van der Waals surface area contributed by atoms with Crippen LogP contribution in [0.1, 0.15) is 40.7 Å². The van der Waals surface area contributed by atoms with Crippen LogP contribution in [0.2, 0.25) is 0 Å². The van der Waals surface area contributed by atoms with Gasteiger partial charge in [-0.2, -0.15) is 0 Å². The lowest BCUT2D eigenvalue weighted by Crippen LogP contribution is -2.24. The van der Waals surface area contributed by atoms with Gasteiger partial charge < -0.3 is 5.32 Å². The Hall–Kier alpha value is -0.780. The summed E-state index contributed by atoms with van der Waals surface area (Å²) in [6.07, 6.45) is 2.10. The van der Waals surface area contributed by atoms with Crippen LogP contribution < -0.4 is 5.32 Å². The molecule has 0 aliphatic rings. The first-order chi connectivity index (χ1) is 8.70. The van der Waals surface area contributed by atoms with E-state index in [-0.39, 0.29) is 0 Å². The maximum absolute atomic E-state index is 4.56. The minimum atomic E-state index is 0.346. The second-order valence-electron chi connectivity index (χ2n) is 4.37. The van der Waals surface area contributed by atoms with Crippen LogP contribution in [-0.2, 0) is 6.42 Å². The Labute approximate surface area is 116 Å². The highest BCUT2D eigenvalue weighted by molar-refractivity contribution is 7.10. The molecule has 0 bridgehead atoms. The number of aromatic nitrogens is 2. The van der Waals surface area contributed by atoms with Crippen molar-refractivity contribution in [2.45, 2.75) is 39.7 Å². The van der Waals surface area contributed by atoms with Gasteiger partial charge in [-0.15, -0.1) is 22.7 Å². The van der Waals surface area contributed by atoms with Gasteiger partial charge in [-0.1, -0.05) is 6.92 Å². The first-order valence-electron chi connectivity index (χ1n) is 6.25. The van der Waals surface area contributed by atoms with Crippen LogP contribution in [0.4, 0.5) is 0 Å². The zero-order chi connectivity index (χ0) is 13.0. The Kier molecular flexibility index (Phi) is 4.86. The van der Waals surface area contributed by atoms with E-state index < -0.39 is 0 Å². The molecule has 0 aliphatic heterocycles. The molecule has 0 aliphatic carbocycles. The van der Waals surface area contributed by atoms with Crippen LogP contribution in [0, 0.1) is 13.8 Å². The number of nitrogens with one attached hydrogen (secondary N) is 1. The first-order valence-corrected chi connectivity index (χ1v) is 8.01. The van der Waals surface area contributed by atoms with E-state index in [1.165, 1.54) is 10.6 Å². The zero-order valence-corrected chi connectivity index (χ0v) is 12.7. The molecule has 2 aromatic heterocycles. The number of hydrogen-bond donors (Lipinski definition) is 1. The predicted octanol–water partition coefficient (Wildman–Crippen LogP) is 3.50. The zero-order valence-electron chi connectivity index (χ0n) is 11.1. The van der Waals surface area contributed by atoms with Gasteiger partial charge in [0.05, 0.1) is 21.9 Å². The molecule has 0 spiro atoms. The molecule has 98 valence electrons. The molecule has 2 rings (SSSR count). The van der Waals surface area contributed by atoms with Gasteiger partial charge in [0, 0.05) is 22.7 Å². The van der Waals surface area contributed by atoms with Crippen LogP contribution >= 0.6 is 22.7 Å². The van der Waals surface area contributed by atoms with E-state index >= 15 is 0 Å². The van der Waals surface area contributed by atoms with Crippen LogP contribution in [0.15, 0.2) is 10.9 Å². The summed E-state index contributed by atoms with van der Waals surface area (Å²) in [6.45, 7) is 7.36. The molecule has 3 nitrogen and oxygen atoms in total. The normalized spacial score (nSPS) is 12.8. The topological polar surface area (TPSA) is 37.8 Å². The van der Waals surface area contributed by atoms with E-state index in [0.29, 0.717) is 6.04 Å². The molecule has 1 unspecified atom stereocenters.